The number of methoxy groups -OCH3 is 4. The third-order valence-corrected chi connectivity index (χ3v) is 36.3. The molecule has 0 aliphatic carbocycles. The van der Waals surface area contributed by atoms with E-state index in [1.54, 1.807) is 120 Å². The Hall–Kier alpha value is -10.8. The summed E-state index contributed by atoms with van der Waals surface area (Å²) in [5, 5.41) is 13.0. The SMILES string of the molecule is CCN(CC)CC.COC(=O)c1sccc1S(=O)(=O)Cl.COC(=O)c1sccc1S(=O)(=O)Nc1ccccc1.COCN(c1ccccc1)S(=O)(=O)c1ccsc1C(=O)Cl.COCN(c1ccccc1)S(=O)(=O)c1ccsc1C(=O)Nc1c(C)cc(C)c(N2CCCC2)c1C.Cc1cc(C)c(N2CCCC2)c(C)c1N.Cc1cc(C)c(N2CCCC2)c(C)c1NC(=O)c1sccc1S(=O)(=O)Nc1ccccc1. The van der Waals surface area contributed by atoms with Crippen LogP contribution in [0.15, 0.2) is 221 Å². The Kier molecular flexibility index (Phi) is 43.0. The zero-order chi connectivity index (χ0) is 104. The minimum Gasteiger partial charge on any atom is -0.465 e. The summed E-state index contributed by atoms with van der Waals surface area (Å²) >= 11 is 10.7. The van der Waals surface area contributed by atoms with Crippen molar-refractivity contribution >= 4 is 214 Å². The van der Waals surface area contributed by atoms with Gasteiger partial charge in [0.25, 0.3) is 66.2 Å². The molecule has 12 aromatic rings. The highest BCUT2D eigenvalue weighted by Crippen LogP contribution is 2.41. The van der Waals surface area contributed by atoms with Crippen molar-refractivity contribution in [2.75, 3.05) is 150 Å². The number of hydrogen-bond acceptors (Lipinski definition) is 29. The van der Waals surface area contributed by atoms with Gasteiger partial charge in [-0.25, -0.2) is 60.3 Å². The number of benzene rings is 7. The van der Waals surface area contributed by atoms with Crippen molar-refractivity contribution in [2.24, 2.45) is 0 Å². The second kappa shape index (κ2) is 53.2. The number of carbonyl (C=O) groups excluding carboxylic acids is 5. The van der Waals surface area contributed by atoms with Crippen LogP contribution < -0.4 is 49.1 Å². The number of para-hydroxylation sites is 4. The molecule has 5 aromatic heterocycles. The number of esters is 2. The number of nitrogens with one attached hydrogen (secondary N) is 4. The number of carbonyl (C=O) groups is 5. The average molecular weight is 2170 g/mol. The van der Waals surface area contributed by atoms with Gasteiger partial charge in [0.1, 0.15) is 62.3 Å². The zero-order valence-electron chi connectivity index (χ0n) is 81.9. The lowest BCUT2D eigenvalue weighted by Crippen LogP contribution is -2.33. The van der Waals surface area contributed by atoms with Gasteiger partial charge in [-0.1, -0.05) is 112 Å². The van der Waals surface area contributed by atoms with Crippen LogP contribution in [0.25, 0.3) is 0 Å². The van der Waals surface area contributed by atoms with E-state index in [2.05, 4.69) is 123 Å². The summed E-state index contributed by atoms with van der Waals surface area (Å²) < 4.78 is 151. The van der Waals surface area contributed by atoms with Gasteiger partial charge in [0.15, 0.2) is 0 Å². The highest BCUT2D eigenvalue weighted by atomic mass is 35.7. The molecular formula is C100H121Cl2N11O19S10. The number of rotatable bonds is 30. The minimum absolute atomic E-state index is 0.00231. The predicted molar refractivity (Wildman–Crippen MR) is 578 cm³/mol. The normalized spacial score (nSPS) is 12.9. The van der Waals surface area contributed by atoms with Gasteiger partial charge < -0.3 is 54.9 Å². The van der Waals surface area contributed by atoms with Gasteiger partial charge in [0.2, 0.25) is 0 Å². The van der Waals surface area contributed by atoms with Gasteiger partial charge in [-0.15, -0.1) is 56.7 Å². The predicted octanol–water partition coefficient (Wildman–Crippen LogP) is 21.5. The number of nitrogens with two attached hydrogens (primary N) is 1. The summed E-state index contributed by atoms with van der Waals surface area (Å²) in [7, 11) is -9.23. The molecule has 30 nitrogen and oxygen atoms in total. The fraction of sp³-hybridized carbons (Fsp3) is 0.330. The molecule has 3 aliphatic rings. The standard InChI is InChI=1S/C26H31N3O4S2.C24H27N3O3S2.C13H12ClNO4S2.C13H20N2.C12H11NO4S2.C6H5ClO4S2.C6H15N/c1-18-16-19(2)24(28-13-8-9-14-28)20(3)23(18)27-26(30)25-22(12-15-34-25)35(31,32)29(17-33-4)21-10-6-5-7-11-21;1-16-15-17(2)22(27-12-7-8-13-27)18(3)21(16)25-24(28)23-20(11-14-31-23)32(29,30)26-19-9-5-4-6-10-19;1-19-9-15(10-5-3-2-4-6-10)21(17,18)11-7-8-20-12(11)13(14)16;1-9-8-10(2)13(11(3)12(9)14)15-6-4-5-7-15;1-17-12(14)11-10(7-8-18-11)19(15,16)13-9-5-3-2-4-6-9;1-11-6(8)5-4(2-3-12-5)13(7,9)10;1-4-7(5-2)6-3/h5-7,10-12,15-16H,8-9,13-14,17H2,1-4H3,(H,27,30);4-6,9-11,14-15,26H,7-8,12-13H2,1-3H3,(H,25,28);2-8H,9H2,1H3;8H,4-7,14H2,1-3H3;2-8,13H,1H3;2-3H,1H3;4-6H2,1-3H3. The topological polar surface area (TPSA) is 387 Å². The van der Waals surface area contributed by atoms with Gasteiger partial charge in [-0.05, 0) is 288 Å². The molecule has 3 aliphatic heterocycles. The van der Waals surface area contributed by atoms with E-state index in [1.807, 2.05) is 39.8 Å². The van der Waals surface area contributed by atoms with Crippen molar-refractivity contribution < 1.29 is 85.0 Å². The van der Waals surface area contributed by atoms with Gasteiger partial charge in [0, 0.05) is 110 Å². The number of halogens is 2. The van der Waals surface area contributed by atoms with Crippen LogP contribution in [0.1, 0.15) is 158 Å². The highest BCUT2D eigenvalue weighted by molar-refractivity contribution is 8.14. The van der Waals surface area contributed by atoms with E-state index in [-0.39, 0.29) is 62.3 Å². The summed E-state index contributed by atoms with van der Waals surface area (Å²) in [5.74, 6) is -2.22. The number of nitrogen functional groups attached to an aromatic ring is 1. The summed E-state index contributed by atoms with van der Waals surface area (Å²) in [6.45, 7) is 34.8. The fourth-order valence-corrected chi connectivity index (χ4v) is 29.0. The molecule has 0 saturated carbocycles. The van der Waals surface area contributed by atoms with E-state index in [4.69, 9.17) is 37.5 Å². The maximum Gasteiger partial charge on any atom is 0.349 e. The Morgan fingerprint density at radius 2 is 0.669 bits per heavy atom. The molecule has 764 valence electrons. The van der Waals surface area contributed by atoms with Crippen LogP contribution in [0.2, 0.25) is 0 Å². The first-order valence-corrected chi connectivity index (χ1v) is 58.1. The fourth-order valence-electron chi connectivity index (χ4n) is 16.3. The first kappa shape index (κ1) is 115. The van der Waals surface area contributed by atoms with Gasteiger partial charge in [-0.3, -0.25) is 23.8 Å². The molecule has 3 saturated heterocycles. The van der Waals surface area contributed by atoms with Crippen LogP contribution >= 0.6 is 79.0 Å². The Labute approximate surface area is 863 Å². The van der Waals surface area contributed by atoms with Crippen molar-refractivity contribution in [2.45, 2.75) is 146 Å². The van der Waals surface area contributed by atoms with E-state index in [9.17, 15) is 66.1 Å². The van der Waals surface area contributed by atoms with E-state index in [0.717, 1.165) is 151 Å². The van der Waals surface area contributed by atoms with E-state index >= 15 is 0 Å². The van der Waals surface area contributed by atoms with Crippen molar-refractivity contribution in [1.82, 2.24) is 4.90 Å². The molecule has 0 spiro atoms. The van der Waals surface area contributed by atoms with Crippen LogP contribution in [0, 0.1) is 62.3 Å². The summed E-state index contributed by atoms with van der Waals surface area (Å²) in [6.07, 6.45) is 7.27. The lowest BCUT2D eigenvalue weighted by molar-refractivity contribution is 0.0593. The summed E-state index contributed by atoms with van der Waals surface area (Å²) in [4.78, 5) is 70.0. The van der Waals surface area contributed by atoms with Gasteiger partial charge in [-0.2, -0.15) is 0 Å². The first-order valence-electron chi connectivity index (χ1n) is 45.1. The van der Waals surface area contributed by atoms with E-state index in [1.165, 1.54) is 171 Å². The second-order valence-electron chi connectivity index (χ2n) is 32.6. The van der Waals surface area contributed by atoms with Crippen molar-refractivity contribution in [3.8, 4) is 0 Å². The first-order chi connectivity index (χ1) is 67.5. The highest BCUT2D eigenvalue weighted by Gasteiger charge is 2.35. The van der Waals surface area contributed by atoms with E-state index < -0.39 is 78.1 Å². The molecule has 15 rings (SSSR count). The van der Waals surface area contributed by atoms with Crippen LogP contribution in [0.4, 0.5) is 56.9 Å². The van der Waals surface area contributed by atoms with Crippen LogP contribution in [-0.4, -0.2) is 177 Å². The third-order valence-electron chi connectivity index (χ3n) is 23.0. The quantitative estimate of drug-likeness (QED) is 0.0121. The van der Waals surface area contributed by atoms with Crippen LogP contribution in [0.3, 0.4) is 0 Å². The van der Waals surface area contributed by atoms with Gasteiger partial charge in [0.05, 0.1) is 25.6 Å². The number of anilines is 10. The Morgan fingerprint density at radius 1 is 0.380 bits per heavy atom. The number of amides is 2. The minimum atomic E-state index is -4.04. The molecule has 3 fully saturated rings. The molecule has 8 heterocycles. The molecule has 0 atom stereocenters. The molecule has 6 N–H and O–H groups in total. The number of aryl methyl sites for hydroxylation is 6. The monoisotopic (exact) mass is 2170 g/mol. The second-order valence-corrected chi connectivity index (χ2v) is 47.1. The molecule has 0 radical (unpaired) electrons. The third kappa shape index (κ3) is 29.5. The molecule has 0 unspecified atom stereocenters. The molecule has 142 heavy (non-hydrogen) atoms. The Balaban J connectivity index is 0.000000193. The number of nitrogens with zero attached hydrogens (tertiary/aromatic N) is 6. The maximum atomic E-state index is 13.6. The number of ether oxygens (including phenoxy) is 4. The molecule has 42 heteroatoms. The van der Waals surface area contributed by atoms with Crippen molar-refractivity contribution in [3.63, 3.8) is 0 Å². The zero-order valence-corrected chi connectivity index (χ0v) is 91.6. The average Bonchev–Trinajstić information content (AvgIpc) is 1.59. The largest absolute Gasteiger partial charge is 0.465 e. The van der Waals surface area contributed by atoms with E-state index in [0.29, 0.717) is 22.7 Å². The molecule has 7 aromatic carbocycles. The Morgan fingerprint density at radius 3 is 0.993 bits per heavy atom. The molecular weight excluding hydrogens is 2050 g/mol. The van der Waals surface area contributed by atoms with Crippen molar-refractivity contribution in [3.05, 3.63) is 271 Å². The number of sulfonamides is 4. The van der Waals surface area contributed by atoms with Gasteiger partial charge >= 0.3 is 11.9 Å². The maximum absolute atomic E-state index is 13.6. The van der Waals surface area contributed by atoms with Crippen LogP contribution in [-0.2, 0) is 68.1 Å². The smallest absolute Gasteiger partial charge is 0.349 e. The molecule has 2 amide bonds. The lowest BCUT2D eigenvalue weighted by Gasteiger charge is -2.26. The number of thiophene rings is 5. The Bertz CT molecular complexity index is 6910. The summed E-state index contributed by atoms with van der Waals surface area (Å²) in [5.41, 5.74) is 24.1. The summed E-state index contributed by atoms with van der Waals surface area (Å²) in [6, 6.07) is 47.7. The number of hydrogen-bond donors (Lipinski definition) is 5. The van der Waals surface area contributed by atoms with Crippen molar-refractivity contribution in [1.29, 1.82) is 0 Å². The van der Waals surface area contributed by atoms with Crippen LogP contribution in [0.5, 0.6) is 0 Å². The molecule has 0 bridgehead atoms. The lowest BCUT2D eigenvalue weighted by atomic mass is 10.0.